The molecule has 3 rings (SSSR count). The Bertz CT molecular complexity index is 676. The average molecular weight is 282 g/mol. The van der Waals surface area contributed by atoms with Gasteiger partial charge in [-0.25, -0.2) is 4.98 Å². The monoisotopic (exact) mass is 282 g/mol. The van der Waals surface area contributed by atoms with Crippen LogP contribution >= 0.6 is 11.3 Å². The van der Waals surface area contributed by atoms with Crippen molar-refractivity contribution in [3.05, 3.63) is 64.6 Å². The highest BCUT2D eigenvalue weighted by molar-refractivity contribution is 7.09. The first-order valence-electron chi connectivity index (χ1n) is 6.97. The topological polar surface area (TPSA) is 24.9 Å². The molecule has 1 N–H and O–H groups in total. The molecule has 0 fully saturated rings. The van der Waals surface area contributed by atoms with Crippen molar-refractivity contribution in [3.63, 3.8) is 0 Å². The second kappa shape index (κ2) is 6.16. The molecule has 1 unspecified atom stereocenters. The minimum atomic E-state index is 0.349. The van der Waals surface area contributed by atoms with Gasteiger partial charge in [-0.1, -0.05) is 43.3 Å². The van der Waals surface area contributed by atoms with Crippen LogP contribution in [0.15, 0.2) is 54.0 Å². The lowest BCUT2D eigenvalue weighted by Crippen LogP contribution is -2.20. The van der Waals surface area contributed by atoms with Crippen molar-refractivity contribution in [1.29, 1.82) is 0 Å². The van der Waals surface area contributed by atoms with Crippen LogP contribution in [0.2, 0.25) is 0 Å². The molecule has 3 aromatic rings. The van der Waals surface area contributed by atoms with E-state index in [1.165, 1.54) is 21.3 Å². The van der Waals surface area contributed by atoms with Gasteiger partial charge in [-0.05, 0) is 28.8 Å². The van der Waals surface area contributed by atoms with Crippen molar-refractivity contribution in [3.8, 4) is 0 Å². The quantitative estimate of drug-likeness (QED) is 0.743. The molecule has 1 atom stereocenters. The Balaban J connectivity index is 1.73. The Morgan fingerprint density at radius 3 is 2.75 bits per heavy atom. The third-order valence-corrected chi connectivity index (χ3v) is 4.41. The van der Waals surface area contributed by atoms with Crippen LogP contribution in [-0.4, -0.2) is 4.98 Å². The molecular formula is C17H18N2S. The predicted molar refractivity (Wildman–Crippen MR) is 85.9 cm³/mol. The average Bonchev–Trinajstić information content (AvgIpc) is 3.02. The maximum atomic E-state index is 4.41. The molecule has 0 saturated heterocycles. The summed E-state index contributed by atoms with van der Waals surface area (Å²) in [5, 5.41) is 9.41. The van der Waals surface area contributed by atoms with Crippen LogP contribution in [0, 0.1) is 0 Å². The Morgan fingerprint density at radius 1 is 1.15 bits per heavy atom. The van der Waals surface area contributed by atoms with Gasteiger partial charge in [-0.15, -0.1) is 11.3 Å². The fourth-order valence-corrected chi connectivity index (χ4v) is 3.20. The van der Waals surface area contributed by atoms with Gasteiger partial charge in [0.05, 0.1) is 6.04 Å². The molecular weight excluding hydrogens is 264 g/mol. The molecule has 0 radical (unpaired) electrons. The molecule has 0 aliphatic carbocycles. The standard InChI is InChI=1S/C17H18N2S/c1-2-16(17-18-9-10-20-17)19-12-13-7-8-14-5-3-4-6-15(14)11-13/h3-11,16,19H,2,12H2,1H3. The number of hydrogen-bond donors (Lipinski definition) is 1. The van der Waals surface area contributed by atoms with E-state index in [1.807, 2.05) is 11.6 Å². The Morgan fingerprint density at radius 2 is 2.00 bits per heavy atom. The van der Waals surface area contributed by atoms with E-state index in [-0.39, 0.29) is 0 Å². The van der Waals surface area contributed by atoms with Gasteiger partial charge in [-0.2, -0.15) is 0 Å². The molecule has 0 aliphatic rings. The highest BCUT2D eigenvalue weighted by Gasteiger charge is 2.10. The summed E-state index contributed by atoms with van der Waals surface area (Å²) in [7, 11) is 0. The van der Waals surface area contributed by atoms with Crippen molar-refractivity contribution >= 4 is 22.1 Å². The third kappa shape index (κ3) is 2.89. The molecule has 20 heavy (non-hydrogen) atoms. The van der Waals surface area contributed by atoms with E-state index >= 15 is 0 Å². The van der Waals surface area contributed by atoms with Gasteiger partial charge >= 0.3 is 0 Å². The number of rotatable bonds is 5. The van der Waals surface area contributed by atoms with Crippen LogP contribution in [0.1, 0.15) is 30.0 Å². The Kier molecular flexibility index (Phi) is 4.09. The maximum absolute atomic E-state index is 4.41. The molecule has 2 aromatic carbocycles. The second-order valence-corrected chi connectivity index (χ2v) is 5.82. The van der Waals surface area contributed by atoms with E-state index < -0.39 is 0 Å². The zero-order chi connectivity index (χ0) is 13.8. The summed E-state index contributed by atoms with van der Waals surface area (Å²) in [6, 6.07) is 15.5. The van der Waals surface area contributed by atoms with Gasteiger partial charge in [0.15, 0.2) is 0 Å². The number of benzene rings is 2. The summed E-state index contributed by atoms with van der Waals surface area (Å²) in [4.78, 5) is 4.41. The number of aromatic nitrogens is 1. The molecule has 0 aliphatic heterocycles. The van der Waals surface area contributed by atoms with Gasteiger partial charge in [0.2, 0.25) is 0 Å². The van der Waals surface area contributed by atoms with Gasteiger partial charge in [0.25, 0.3) is 0 Å². The summed E-state index contributed by atoms with van der Waals surface area (Å²) < 4.78 is 0. The first-order chi connectivity index (χ1) is 9.86. The lowest BCUT2D eigenvalue weighted by atomic mass is 10.1. The van der Waals surface area contributed by atoms with Crippen molar-refractivity contribution in [1.82, 2.24) is 10.3 Å². The normalized spacial score (nSPS) is 12.7. The fourth-order valence-electron chi connectivity index (χ4n) is 2.40. The zero-order valence-corrected chi connectivity index (χ0v) is 12.4. The lowest BCUT2D eigenvalue weighted by Gasteiger charge is -2.14. The summed E-state index contributed by atoms with van der Waals surface area (Å²) in [5.74, 6) is 0. The molecule has 1 heterocycles. The molecule has 1 aromatic heterocycles. The van der Waals surface area contributed by atoms with Crippen molar-refractivity contribution < 1.29 is 0 Å². The minimum Gasteiger partial charge on any atom is -0.304 e. The molecule has 0 spiro atoms. The van der Waals surface area contributed by atoms with E-state index in [9.17, 15) is 0 Å². The summed E-state index contributed by atoms with van der Waals surface area (Å²) in [6.07, 6.45) is 2.93. The van der Waals surface area contributed by atoms with E-state index in [2.05, 4.69) is 59.7 Å². The van der Waals surface area contributed by atoms with Crippen LogP contribution in [0.4, 0.5) is 0 Å². The van der Waals surface area contributed by atoms with E-state index in [1.54, 1.807) is 11.3 Å². The van der Waals surface area contributed by atoms with Crippen LogP contribution in [0.25, 0.3) is 10.8 Å². The highest BCUT2D eigenvalue weighted by atomic mass is 32.1. The SMILES string of the molecule is CCC(NCc1ccc2ccccc2c1)c1nccs1. The molecule has 2 nitrogen and oxygen atoms in total. The number of fused-ring (bicyclic) bond motifs is 1. The fraction of sp³-hybridized carbons (Fsp3) is 0.235. The third-order valence-electron chi connectivity index (χ3n) is 3.52. The van der Waals surface area contributed by atoms with Gasteiger partial charge in [0.1, 0.15) is 5.01 Å². The van der Waals surface area contributed by atoms with Crippen LogP contribution < -0.4 is 5.32 Å². The van der Waals surface area contributed by atoms with E-state index in [0.29, 0.717) is 6.04 Å². The molecule has 0 saturated carbocycles. The zero-order valence-electron chi connectivity index (χ0n) is 11.5. The molecule has 0 amide bonds. The lowest BCUT2D eigenvalue weighted by molar-refractivity contribution is 0.517. The first-order valence-corrected chi connectivity index (χ1v) is 7.85. The van der Waals surface area contributed by atoms with Crippen molar-refractivity contribution in [2.45, 2.75) is 25.9 Å². The summed E-state index contributed by atoms with van der Waals surface area (Å²) >= 11 is 1.72. The predicted octanol–water partition coefficient (Wildman–Crippen LogP) is 4.54. The number of nitrogens with one attached hydrogen (secondary N) is 1. The number of hydrogen-bond acceptors (Lipinski definition) is 3. The van der Waals surface area contributed by atoms with E-state index in [4.69, 9.17) is 0 Å². The van der Waals surface area contributed by atoms with Crippen molar-refractivity contribution in [2.75, 3.05) is 0 Å². The van der Waals surface area contributed by atoms with Gasteiger partial charge in [-0.3, -0.25) is 0 Å². The summed E-state index contributed by atoms with van der Waals surface area (Å²) in [5.41, 5.74) is 1.32. The molecule has 102 valence electrons. The van der Waals surface area contributed by atoms with Crippen LogP contribution in [-0.2, 0) is 6.54 Å². The second-order valence-electron chi connectivity index (χ2n) is 4.89. The van der Waals surface area contributed by atoms with Crippen LogP contribution in [0.5, 0.6) is 0 Å². The van der Waals surface area contributed by atoms with Crippen molar-refractivity contribution in [2.24, 2.45) is 0 Å². The number of thiazole rings is 1. The van der Waals surface area contributed by atoms with Gasteiger partial charge in [0, 0.05) is 18.1 Å². The van der Waals surface area contributed by atoms with E-state index in [0.717, 1.165) is 13.0 Å². The molecule has 3 heteroatoms. The smallest absolute Gasteiger partial charge is 0.109 e. The van der Waals surface area contributed by atoms with Gasteiger partial charge < -0.3 is 5.32 Å². The Labute approximate surface area is 123 Å². The first kappa shape index (κ1) is 13.3. The number of nitrogens with zero attached hydrogens (tertiary/aromatic N) is 1. The van der Waals surface area contributed by atoms with Crippen LogP contribution in [0.3, 0.4) is 0 Å². The highest BCUT2D eigenvalue weighted by Crippen LogP contribution is 2.20. The summed E-state index contributed by atoms with van der Waals surface area (Å²) in [6.45, 7) is 3.07. The maximum Gasteiger partial charge on any atom is 0.109 e. The largest absolute Gasteiger partial charge is 0.304 e. The molecule has 0 bridgehead atoms. The Hall–Kier alpha value is -1.71. The minimum absolute atomic E-state index is 0.349.